The largest absolute Gasteiger partial charge is 0.445 e. The van der Waals surface area contributed by atoms with Crippen molar-refractivity contribution in [2.24, 2.45) is 0 Å². The molecule has 1 aliphatic rings. The normalized spacial score (nSPS) is 15.0. The molecule has 1 unspecified atom stereocenters. The number of piperazine rings is 1. The third-order valence-corrected chi connectivity index (χ3v) is 5.09. The first-order valence-corrected chi connectivity index (χ1v) is 10.7. The minimum absolute atomic E-state index is 0.0199. The zero-order chi connectivity index (χ0) is 26.1. The minimum atomic E-state index is -4.88. The van der Waals surface area contributed by atoms with Crippen LogP contribution in [0.15, 0.2) is 35.5 Å². The second kappa shape index (κ2) is 12.0. The molecule has 12 nitrogen and oxygen atoms in total. The van der Waals surface area contributed by atoms with E-state index >= 15 is 0 Å². The summed E-state index contributed by atoms with van der Waals surface area (Å²) in [6, 6.07) is 1.19. The highest BCUT2D eigenvalue weighted by molar-refractivity contribution is 5.68. The predicted octanol–water partition coefficient (Wildman–Crippen LogP) is 1.39. The summed E-state index contributed by atoms with van der Waals surface area (Å²) >= 11 is 0. The number of hydrogen-bond acceptors (Lipinski definition) is 10. The van der Waals surface area contributed by atoms with Crippen LogP contribution in [0.2, 0.25) is 0 Å². The molecule has 2 aromatic heterocycles. The topological polar surface area (TPSA) is 149 Å². The number of amides is 1. The quantitative estimate of drug-likeness (QED) is 0.501. The number of halogens is 3. The summed E-state index contributed by atoms with van der Waals surface area (Å²) in [5.74, 6) is 0.464. The highest BCUT2D eigenvalue weighted by atomic mass is 19.4. The van der Waals surface area contributed by atoms with E-state index in [0.717, 1.165) is 6.20 Å². The van der Waals surface area contributed by atoms with Crippen LogP contribution in [0.1, 0.15) is 11.1 Å². The second-order valence-electron chi connectivity index (χ2n) is 7.55. The molecule has 1 aliphatic heterocycles. The standard InChI is InChI=1S/C21H23F3N8O4/c1-35-13-15(29-16-12-28-30-18(33)17(16)21(22,23)24)3-2-8-36-20(34)32-6-4-31(5-7-32)19-26-10-14(9-25)11-27-19/h2-3,10-12,15H,4-8,13H2,1H3,(H2,29,30,33)/b3-2+. The number of methoxy groups -OCH3 is 1. The predicted molar refractivity (Wildman–Crippen MR) is 120 cm³/mol. The lowest BCUT2D eigenvalue weighted by molar-refractivity contribution is -0.138. The summed E-state index contributed by atoms with van der Waals surface area (Å²) in [4.78, 5) is 35.6. The Balaban J connectivity index is 1.50. The summed E-state index contributed by atoms with van der Waals surface area (Å²) < 4.78 is 50.0. The number of aromatic nitrogens is 4. The molecule has 2 N–H and O–H groups in total. The molecule has 1 atom stereocenters. The van der Waals surface area contributed by atoms with Crippen molar-refractivity contribution in [1.29, 1.82) is 5.26 Å². The molecule has 2 aromatic rings. The lowest BCUT2D eigenvalue weighted by Crippen LogP contribution is -2.49. The van der Waals surface area contributed by atoms with E-state index in [9.17, 15) is 22.8 Å². The number of nitrogens with one attached hydrogen (secondary N) is 2. The number of nitriles is 1. The molecule has 0 saturated carbocycles. The van der Waals surface area contributed by atoms with Crippen molar-refractivity contribution in [3.05, 3.63) is 52.2 Å². The zero-order valence-electron chi connectivity index (χ0n) is 19.2. The van der Waals surface area contributed by atoms with E-state index in [1.165, 1.54) is 36.6 Å². The molecule has 1 fully saturated rings. The maximum Gasteiger partial charge on any atom is 0.423 e. The zero-order valence-corrected chi connectivity index (χ0v) is 19.2. The number of carbonyl (C=O) groups is 1. The first-order chi connectivity index (χ1) is 17.2. The van der Waals surface area contributed by atoms with Crippen molar-refractivity contribution in [1.82, 2.24) is 25.1 Å². The molecule has 1 saturated heterocycles. The van der Waals surface area contributed by atoms with Gasteiger partial charge in [0.05, 0.1) is 42.5 Å². The van der Waals surface area contributed by atoms with Gasteiger partial charge < -0.3 is 24.6 Å². The average molecular weight is 508 g/mol. The summed E-state index contributed by atoms with van der Waals surface area (Å²) in [5, 5.41) is 16.6. The van der Waals surface area contributed by atoms with Crippen molar-refractivity contribution in [3.8, 4) is 6.07 Å². The van der Waals surface area contributed by atoms with Crippen molar-refractivity contribution in [3.63, 3.8) is 0 Å². The van der Waals surface area contributed by atoms with Crippen molar-refractivity contribution in [2.75, 3.05) is 56.7 Å². The molecular weight excluding hydrogens is 485 g/mol. The van der Waals surface area contributed by atoms with Crippen molar-refractivity contribution in [2.45, 2.75) is 12.2 Å². The fourth-order valence-corrected chi connectivity index (χ4v) is 3.38. The number of alkyl halides is 3. The van der Waals surface area contributed by atoms with Gasteiger partial charge in [-0.3, -0.25) is 4.79 Å². The SMILES string of the molecule is COCC(/C=C/COC(=O)N1CCN(c2ncc(C#N)cn2)CC1)Nc1cn[nH]c(=O)c1C(F)(F)F. The fourth-order valence-electron chi connectivity index (χ4n) is 3.38. The molecule has 0 radical (unpaired) electrons. The third kappa shape index (κ3) is 6.92. The molecule has 3 heterocycles. The number of H-pyrrole nitrogens is 1. The highest BCUT2D eigenvalue weighted by Gasteiger charge is 2.37. The van der Waals surface area contributed by atoms with Gasteiger partial charge in [0.25, 0.3) is 5.56 Å². The van der Waals surface area contributed by atoms with Crippen LogP contribution < -0.4 is 15.8 Å². The van der Waals surface area contributed by atoms with Gasteiger partial charge in [-0.2, -0.15) is 23.5 Å². The smallest absolute Gasteiger partial charge is 0.423 e. The summed E-state index contributed by atoms with van der Waals surface area (Å²) in [6.45, 7) is 1.54. The molecule has 1 amide bonds. The van der Waals surface area contributed by atoms with Gasteiger partial charge in [0.1, 0.15) is 18.2 Å². The van der Waals surface area contributed by atoms with Crippen LogP contribution in [0.5, 0.6) is 0 Å². The average Bonchev–Trinajstić information content (AvgIpc) is 2.86. The number of carbonyl (C=O) groups excluding carboxylic acids is 1. The van der Waals surface area contributed by atoms with Gasteiger partial charge in [0.15, 0.2) is 0 Å². The van der Waals surface area contributed by atoms with Crippen LogP contribution in [0.4, 0.5) is 29.6 Å². The van der Waals surface area contributed by atoms with E-state index < -0.39 is 35.1 Å². The van der Waals surface area contributed by atoms with Gasteiger partial charge in [0, 0.05) is 33.3 Å². The maximum atomic E-state index is 13.2. The number of hydrogen-bond donors (Lipinski definition) is 2. The molecule has 0 aromatic carbocycles. The molecule has 0 aliphatic carbocycles. The van der Waals surface area contributed by atoms with Crippen molar-refractivity contribution >= 4 is 17.7 Å². The number of anilines is 2. The highest BCUT2D eigenvalue weighted by Crippen LogP contribution is 2.31. The Morgan fingerprint density at radius 3 is 2.58 bits per heavy atom. The van der Waals surface area contributed by atoms with Gasteiger partial charge in [-0.05, 0) is 6.08 Å². The van der Waals surface area contributed by atoms with Crippen LogP contribution in [0.3, 0.4) is 0 Å². The van der Waals surface area contributed by atoms with Crippen LogP contribution in [0.25, 0.3) is 0 Å². The van der Waals surface area contributed by atoms with E-state index in [4.69, 9.17) is 14.7 Å². The third-order valence-electron chi connectivity index (χ3n) is 5.09. The van der Waals surface area contributed by atoms with Gasteiger partial charge in [-0.1, -0.05) is 6.08 Å². The van der Waals surface area contributed by atoms with E-state index in [0.29, 0.717) is 37.7 Å². The molecule has 36 heavy (non-hydrogen) atoms. The van der Waals surface area contributed by atoms with Gasteiger partial charge >= 0.3 is 12.3 Å². The summed E-state index contributed by atoms with van der Waals surface area (Å²) in [5.41, 5.74) is -2.91. The maximum absolute atomic E-state index is 13.2. The number of aromatic amines is 1. The minimum Gasteiger partial charge on any atom is -0.445 e. The fraction of sp³-hybridized carbons (Fsp3) is 0.429. The van der Waals surface area contributed by atoms with Gasteiger partial charge in [0.2, 0.25) is 5.95 Å². The van der Waals surface area contributed by atoms with Crippen LogP contribution in [-0.2, 0) is 15.7 Å². The molecule has 0 bridgehead atoms. The Morgan fingerprint density at radius 1 is 1.28 bits per heavy atom. The summed E-state index contributed by atoms with van der Waals surface area (Å²) in [6.07, 6.45) is 1.22. The molecule has 0 spiro atoms. The van der Waals surface area contributed by atoms with Crippen LogP contribution >= 0.6 is 0 Å². The molecular formula is C21H23F3N8O4. The lowest BCUT2D eigenvalue weighted by Gasteiger charge is -2.33. The van der Waals surface area contributed by atoms with E-state index in [-0.39, 0.29) is 13.2 Å². The first kappa shape index (κ1) is 26.4. The van der Waals surface area contributed by atoms with E-state index in [1.54, 1.807) is 5.10 Å². The Morgan fingerprint density at radius 2 is 1.97 bits per heavy atom. The Labute approximate surface area is 203 Å². The number of nitrogens with zero attached hydrogens (tertiary/aromatic N) is 6. The monoisotopic (exact) mass is 508 g/mol. The van der Waals surface area contributed by atoms with E-state index in [1.807, 2.05) is 11.0 Å². The van der Waals surface area contributed by atoms with Crippen LogP contribution in [0, 0.1) is 11.3 Å². The van der Waals surface area contributed by atoms with Crippen LogP contribution in [-0.4, -0.2) is 83.7 Å². The molecule has 192 valence electrons. The summed E-state index contributed by atoms with van der Waals surface area (Å²) in [7, 11) is 1.37. The lowest BCUT2D eigenvalue weighted by atomic mass is 10.2. The van der Waals surface area contributed by atoms with Gasteiger partial charge in [-0.25, -0.2) is 19.9 Å². The number of rotatable bonds is 8. The second-order valence-corrected chi connectivity index (χ2v) is 7.55. The first-order valence-electron chi connectivity index (χ1n) is 10.7. The van der Waals surface area contributed by atoms with Gasteiger partial charge in [-0.15, -0.1) is 0 Å². The Kier molecular flexibility index (Phi) is 8.79. The van der Waals surface area contributed by atoms with E-state index in [2.05, 4.69) is 20.4 Å². The Hall–Kier alpha value is -4.19. The number of ether oxygens (including phenoxy) is 2. The van der Waals surface area contributed by atoms with Crippen molar-refractivity contribution < 1.29 is 27.4 Å². The molecule has 3 rings (SSSR count). The Bertz CT molecular complexity index is 1160. The molecule has 15 heteroatoms.